The second kappa shape index (κ2) is 4.81. The van der Waals surface area contributed by atoms with Crippen LogP contribution in [0.4, 0.5) is 5.69 Å². The van der Waals surface area contributed by atoms with Crippen molar-refractivity contribution in [3.63, 3.8) is 0 Å². The molecule has 0 fully saturated rings. The van der Waals surface area contributed by atoms with Crippen LogP contribution in [0.15, 0.2) is 36.4 Å². The third kappa shape index (κ3) is 1.95. The van der Waals surface area contributed by atoms with Crippen LogP contribution in [-0.4, -0.2) is 26.2 Å². The van der Waals surface area contributed by atoms with Crippen LogP contribution in [0.3, 0.4) is 0 Å². The lowest BCUT2D eigenvalue weighted by molar-refractivity contribution is 0.171. The zero-order valence-electron chi connectivity index (χ0n) is 11.5. The number of benzene rings is 2. The van der Waals surface area contributed by atoms with Crippen molar-refractivity contribution in [2.45, 2.75) is 6.42 Å². The standard InChI is InChI=1S/C17H14NO3/c19-11-18-7-6-14-13(2-1-3-15(14)18)12-4-5-16-17(10-12)21-9-8-20-16/h1-5,10H,6-9H2. The van der Waals surface area contributed by atoms with Crippen molar-refractivity contribution < 1.29 is 14.3 Å². The quantitative estimate of drug-likeness (QED) is 0.848. The molecule has 4 heteroatoms. The first-order chi connectivity index (χ1) is 10.4. The van der Waals surface area contributed by atoms with Crippen molar-refractivity contribution in [3.8, 4) is 22.6 Å². The molecule has 0 bridgehead atoms. The fourth-order valence-electron chi connectivity index (χ4n) is 3.01. The Labute approximate surface area is 122 Å². The molecule has 0 saturated carbocycles. The topological polar surface area (TPSA) is 38.8 Å². The van der Waals surface area contributed by atoms with Crippen LogP contribution in [0, 0.1) is 0 Å². The van der Waals surface area contributed by atoms with Gasteiger partial charge in [0, 0.05) is 12.2 Å². The number of hydrogen-bond donors (Lipinski definition) is 0. The lowest BCUT2D eigenvalue weighted by Crippen LogP contribution is -2.16. The molecule has 2 aromatic rings. The highest BCUT2D eigenvalue weighted by Gasteiger charge is 2.23. The van der Waals surface area contributed by atoms with Crippen LogP contribution in [0.2, 0.25) is 0 Å². The zero-order chi connectivity index (χ0) is 14.2. The molecule has 2 aliphatic heterocycles. The summed E-state index contributed by atoms with van der Waals surface area (Å²) < 4.78 is 11.2. The van der Waals surface area contributed by atoms with Crippen molar-refractivity contribution in [1.82, 2.24) is 0 Å². The number of hydrogen-bond acceptors (Lipinski definition) is 3. The Balaban J connectivity index is 1.81. The number of rotatable bonds is 2. The van der Waals surface area contributed by atoms with Crippen LogP contribution >= 0.6 is 0 Å². The van der Waals surface area contributed by atoms with Crippen LogP contribution in [0.5, 0.6) is 11.5 Å². The molecule has 2 aromatic carbocycles. The van der Waals surface area contributed by atoms with Gasteiger partial charge in [-0.2, -0.15) is 0 Å². The minimum Gasteiger partial charge on any atom is -0.486 e. The van der Waals surface area contributed by atoms with Gasteiger partial charge in [0.1, 0.15) is 13.2 Å². The molecule has 4 rings (SSSR count). The van der Waals surface area contributed by atoms with E-state index in [4.69, 9.17) is 9.47 Å². The van der Waals surface area contributed by atoms with E-state index in [1.165, 1.54) is 5.56 Å². The fourth-order valence-corrected chi connectivity index (χ4v) is 3.01. The van der Waals surface area contributed by atoms with Crippen molar-refractivity contribution >= 4 is 12.1 Å². The van der Waals surface area contributed by atoms with E-state index in [2.05, 4.69) is 6.07 Å². The summed E-state index contributed by atoms with van der Waals surface area (Å²) >= 11 is 0. The highest BCUT2D eigenvalue weighted by molar-refractivity contribution is 5.85. The molecule has 0 unspecified atom stereocenters. The number of amides is 1. The molecular formula is C17H14NO3. The average Bonchev–Trinajstić information content (AvgIpc) is 2.97. The predicted octanol–water partition coefficient (Wildman–Crippen LogP) is 2.55. The van der Waals surface area contributed by atoms with Crippen LogP contribution in [0.1, 0.15) is 5.56 Å². The fraction of sp³-hybridized carbons (Fsp3) is 0.235. The van der Waals surface area contributed by atoms with Crippen molar-refractivity contribution in [3.05, 3.63) is 42.0 Å². The second-order valence-corrected chi connectivity index (χ2v) is 5.15. The molecule has 1 radical (unpaired) electrons. The Hall–Kier alpha value is -2.49. The molecule has 0 aliphatic carbocycles. The first-order valence-electron chi connectivity index (χ1n) is 7.04. The van der Waals surface area contributed by atoms with Gasteiger partial charge in [-0.1, -0.05) is 18.2 Å². The van der Waals surface area contributed by atoms with Gasteiger partial charge in [-0.3, -0.25) is 4.79 Å². The normalized spacial score (nSPS) is 15.7. The lowest BCUT2D eigenvalue weighted by Gasteiger charge is -2.19. The van der Waals surface area contributed by atoms with Gasteiger partial charge in [0.15, 0.2) is 11.5 Å². The van der Waals surface area contributed by atoms with E-state index in [-0.39, 0.29) is 0 Å². The maximum absolute atomic E-state index is 11.0. The van der Waals surface area contributed by atoms with E-state index < -0.39 is 0 Å². The van der Waals surface area contributed by atoms with E-state index in [0.29, 0.717) is 19.8 Å². The molecule has 2 heterocycles. The minimum atomic E-state index is 0.581. The van der Waals surface area contributed by atoms with Crippen LogP contribution in [-0.2, 0) is 11.2 Å². The molecular weight excluding hydrogens is 266 g/mol. The number of carbonyl (C=O) groups excluding carboxylic acids is 1. The van der Waals surface area contributed by atoms with Gasteiger partial charge in [0.25, 0.3) is 0 Å². The second-order valence-electron chi connectivity index (χ2n) is 5.15. The molecule has 0 aromatic heterocycles. The van der Waals surface area contributed by atoms with Gasteiger partial charge in [-0.15, -0.1) is 0 Å². The summed E-state index contributed by atoms with van der Waals surface area (Å²) in [6.07, 6.45) is 2.84. The SMILES string of the molecule is O=[C]N1CCc2c(-c3ccc4c(c3)OCCO4)cccc21. The zero-order valence-corrected chi connectivity index (χ0v) is 11.5. The minimum absolute atomic E-state index is 0.581. The Morgan fingerprint density at radius 1 is 1.05 bits per heavy atom. The van der Waals surface area contributed by atoms with Crippen LogP contribution in [0.25, 0.3) is 11.1 Å². The predicted molar refractivity (Wildman–Crippen MR) is 79.6 cm³/mol. The first-order valence-corrected chi connectivity index (χ1v) is 7.04. The summed E-state index contributed by atoms with van der Waals surface area (Å²) in [5.41, 5.74) is 4.38. The van der Waals surface area contributed by atoms with E-state index in [1.54, 1.807) is 4.90 Å². The monoisotopic (exact) mass is 280 g/mol. The molecule has 0 saturated heterocycles. The van der Waals surface area contributed by atoms with Crippen molar-refractivity contribution in [2.24, 2.45) is 0 Å². The highest BCUT2D eigenvalue weighted by atomic mass is 16.6. The Morgan fingerprint density at radius 2 is 1.90 bits per heavy atom. The lowest BCUT2D eigenvalue weighted by atomic mass is 9.97. The smallest absolute Gasteiger partial charge is 0.316 e. The van der Waals surface area contributed by atoms with Gasteiger partial charge in [-0.25, -0.2) is 0 Å². The maximum Gasteiger partial charge on any atom is 0.316 e. The molecule has 2 aliphatic rings. The molecule has 21 heavy (non-hydrogen) atoms. The number of ether oxygens (including phenoxy) is 2. The van der Waals surface area contributed by atoms with Gasteiger partial charge in [0.05, 0.1) is 0 Å². The average molecular weight is 280 g/mol. The summed E-state index contributed by atoms with van der Waals surface area (Å²) in [4.78, 5) is 12.6. The summed E-state index contributed by atoms with van der Waals surface area (Å²) in [5.74, 6) is 1.58. The molecule has 0 N–H and O–H groups in total. The Bertz CT molecular complexity index is 711. The van der Waals surface area contributed by atoms with Crippen LogP contribution < -0.4 is 14.4 Å². The molecule has 1 amide bonds. The number of anilines is 1. The van der Waals surface area contributed by atoms with E-state index in [1.807, 2.05) is 36.7 Å². The van der Waals surface area contributed by atoms with Crippen molar-refractivity contribution in [2.75, 3.05) is 24.7 Å². The Kier molecular flexibility index (Phi) is 2.81. The highest BCUT2D eigenvalue weighted by Crippen LogP contribution is 2.39. The maximum atomic E-state index is 11.0. The van der Waals surface area contributed by atoms with Gasteiger partial charge in [0.2, 0.25) is 0 Å². The third-order valence-corrected chi connectivity index (χ3v) is 3.99. The van der Waals surface area contributed by atoms with Gasteiger partial charge >= 0.3 is 6.41 Å². The van der Waals surface area contributed by atoms with Crippen molar-refractivity contribution in [1.29, 1.82) is 0 Å². The summed E-state index contributed by atoms with van der Waals surface area (Å²) in [7, 11) is 0. The van der Waals surface area contributed by atoms with E-state index in [9.17, 15) is 4.79 Å². The first kappa shape index (κ1) is 12.3. The number of fused-ring (bicyclic) bond motifs is 2. The van der Waals surface area contributed by atoms with Gasteiger partial charge < -0.3 is 14.4 Å². The Morgan fingerprint density at radius 3 is 2.76 bits per heavy atom. The third-order valence-electron chi connectivity index (χ3n) is 3.99. The largest absolute Gasteiger partial charge is 0.486 e. The molecule has 105 valence electrons. The number of nitrogens with zero attached hydrogens (tertiary/aromatic N) is 1. The summed E-state index contributed by atoms with van der Waals surface area (Å²) in [5, 5.41) is 0. The summed E-state index contributed by atoms with van der Waals surface area (Å²) in [6.45, 7) is 1.87. The van der Waals surface area contributed by atoms with Gasteiger partial charge in [-0.05, 0) is 41.3 Å². The molecule has 0 atom stereocenters. The van der Waals surface area contributed by atoms with E-state index >= 15 is 0 Å². The molecule has 4 nitrogen and oxygen atoms in total. The molecule has 0 spiro atoms. The summed E-state index contributed by atoms with van der Waals surface area (Å²) in [6, 6.07) is 12.0. The van der Waals surface area contributed by atoms with E-state index in [0.717, 1.165) is 34.7 Å².